The number of guanidine groups is 1. The number of carbonyl (C=O) groups excluding carboxylic acids is 13. The van der Waals surface area contributed by atoms with Gasteiger partial charge in [-0.1, -0.05) is 39.8 Å². The second kappa shape index (κ2) is 47.9. The van der Waals surface area contributed by atoms with Crippen molar-refractivity contribution in [1.82, 2.24) is 69.1 Å². The number of amides is 13. The second-order valence-electron chi connectivity index (χ2n) is 26.1. The van der Waals surface area contributed by atoms with Crippen LogP contribution < -0.4 is 86.3 Å². The summed E-state index contributed by atoms with van der Waals surface area (Å²) in [4.78, 5) is 229. The minimum absolute atomic E-state index is 0.0687. The summed E-state index contributed by atoms with van der Waals surface area (Å²) in [7, 11) is 0. The Bertz CT molecular complexity index is 3320. The van der Waals surface area contributed by atoms with Gasteiger partial charge in [-0.25, -0.2) is 4.79 Å². The molecule has 16 atom stereocenters. The van der Waals surface area contributed by atoms with Crippen molar-refractivity contribution in [3.63, 3.8) is 0 Å². The van der Waals surface area contributed by atoms with Crippen LogP contribution in [0.3, 0.4) is 0 Å². The van der Waals surface area contributed by atoms with Gasteiger partial charge in [0.1, 0.15) is 84.3 Å². The van der Waals surface area contributed by atoms with E-state index in [1.165, 1.54) is 49.9 Å². The molecule has 0 bridgehead atoms. The summed E-state index contributed by atoms with van der Waals surface area (Å²) in [5.41, 5.74) is 17.0. The maximum Gasteiger partial charge on any atom is 0.326 e. The molecule has 0 saturated carbocycles. The van der Waals surface area contributed by atoms with Crippen molar-refractivity contribution in [2.75, 3.05) is 25.1 Å². The topological polar surface area (TPSA) is 699 Å². The van der Waals surface area contributed by atoms with E-state index in [1.807, 2.05) is 5.32 Å². The first-order valence-corrected chi connectivity index (χ1v) is 35.6. The van der Waals surface area contributed by atoms with E-state index in [-0.39, 0.29) is 55.3 Å². The van der Waals surface area contributed by atoms with Crippen molar-refractivity contribution in [3.05, 3.63) is 29.8 Å². The first-order valence-electron chi connectivity index (χ1n) is 34.2. The van der Waals surface area contributed by atoms with Gasteiger partial charge in [-0.15, -0.1) is 0 Å². The van der Waals surface area contributed by atoms with E-state index >= 15 is 0 Å². The molecule has 108 heavy (non-hydrogen) atoms. The van der Waals surface area contributed by atoms with Crippen molar-refractivity contribution >= 4 is 118 Å². The Morgan fingerprint density at radius 3 is 1.31 bits per heavy atom. The minimum Gasteiger partial charge on any atom is -0.508 e. The maximum absolute atomic E-state index is 14.4. The summed E-state index contributed by atoms with van der Waals surface area (Å²) >= 11 is 1.22. The van der Waals surface area contributed by atoms with Crippen LogP contribution in [0.25, 0.3) is 0 Å². The van der Waals surface area contributed by atoms with Gasteiger partial charge < -0.3 is 127 Å². The summed E-state index contributed by atoms with van der Waals surface area (Å²) in [5.74, 6) is -21.8. The van der Waals surface area contributed by atoms with Crippen LogP contribution in [0.2, 0.25) is 0 Å². The van der Waals surface area contributed by atoms with E-state index in [9.17, 15) is 117 Å². The number of thioether (sulfide) groups is 1. The summed E-state index contributed by atoms with van der Waals surface area (Å²) in [6.07, 6.45) is -8.23. The van der Waals surface area contributed by atoms with Crippen LogP contribution in [0.1, 0.15) is 126 Å². The van der Waals surface area contributed by atoms with Gasteiger partial charge >= 0.3 is 23.9 Å². The number of nitrogens with zero attached hydrogens (tertiary/aromatic N) is 1. The lowest BCUT2D eigenvalue weighted by Crippen LogP contribution is -2.62. The summed E-state index contributed by atoms with van der Waals surface area (Å²) in [6.45, 7) is 11.1. The number of aliphatic hydroxyl groups is 3. The molecule has 0 spiro atoms. The Balaban J connectivity index is 3.63. The molecule has 0 radical (unpaired) electrons. The number of aliphatic carboxylic acids is 4. The summed E-state index contributed by atoms with van der Waals surface area (Å²) in [5, 5.41) is 109. The monoisotopic (exact) mass is 1560 g/mol. The number of carboxylic acids is 4. The second-order valence-corrected chi connectivity index (χ2v) is 27.1. The molecule has 1 aromatic rings. The molecule has 1 aromatic carbocycles. The van der Waals surface area contributed by atoms with E-state index < -0.39 is 254 Å². The summed E-state index contributed by atoms with van der Waals surface area (Å²) < 4.78 is 0. The average Bonchev–Trinajstić information content (AvgIpc) is 0.851. The molecular weight excluding hydrogens is 1450 g/mol. The van der Waals surface area contributed by atoms with Crippen LogP contribution in [0.5, 0.6) is 5.75 Å². The predicted octanol–water partition coefficient (Wildman–Crippen LogP) is -7.82. The van der Waals surface area contributed by atoms with E-state index in [0.29, 0.717) is 0 Å². The third kappa shape index (κ3) is 36.2. The molecule has 43 heteroatoms. The van der Waals surface area contributed by atoms with Gasteiger partial charge in [-0.05, 0) is 115 Å². The molecule has 0 aromatic heterocycles. The third-order valence-electron chi connectivity index (χ3n) is 15.9. The number of aliphatic hydroxyl groups excluding tert-OH is 3. The van der Waals surface area contributed by atoms with Gasteiger partial charge in [0, 0.05) is 25.8 Å². The molecule has 606 valence electrons. The zero-order chi connectivity index (χ0) is 82.6. The Morgan fingerprint density at radius 2 is 0.852 bits per heavy atom. The third-order valence-corrected chi connectivity index (χ3v) is 16.5. The highest BCUT2D eigenvalue weighted by molar-refractivity contribution is 7.98. The molecule has 13 amide bonds. The lowest BCUT2D eigenvalue weighted by atomic mass is 10.0. The number of hydrogen-bond donors (Lipinski definition) is 24. The first kappa shape index (κ1) is 95.5. The normalized spacial score (nSPS) is 15.6. The van der Waals surface area contributed by atoms with E-state index in [0.717, 1.165) is 20.8 Å². The number of phenols is 1. The Hall–Kier alpha value is -10.5. The molecule has 42 nitrogen and oxygen atoms in total. The molecule has 0 aliphatic carbocycles. The number of carboxylic acid groups (broad SMARTS) is 4. The number of nitrogens with one attached hydrogen (secondary N) is 13. The van der Waals surface area contributed by atoms with E-state index in [1.54, 1.807) is 34.0 Å². The number of phenolic OH excluding ortho intramolecular Hbond substituents is 1. The van der Waals surface area contributed by atoms with Crippen LogP contribution in [0.15, 0.2) is 29.3 Å². The highest BCUT2D eigenvalue weighted by atomic mass is 32.2. The number of carbonyl (C=O) groups is 17. The van der Waals surface area contributed by atoms with Crippen LogP contribution in [0, 0.1) is 11.8 Å². The van der Waals surface area contributed by atoms with Gasteiger partial charge in [0.2, 0.25) is 76.8 Å². The van der Waals surface area contributed by atoms with Gasteiger partial charge in [0.05, 0.1) is 31.3 Å². The number of hydrogen-bond acceptors (Lipinski definition) is 24. The van der Waals surface area contributed by atoms with Gasteiger partial charge in [-0.3, -0.25) is 81.7 Å². The quantitative estimate of drug-likeness (QED) is 0.0164. The fourth-order valence-corrected chi connectivity index (χ4v) is 10.2. The van der Waals surface area contributed by atoms with Gasteiger partial charge in [0.15, 0.2) is 5.96 Å². The maximum atomic E-state index is 14.4. The van der Waals surface area contributed by atoms with Crippen molar-refractivity contribution in [1.29, 1.82) is 0 Å². The lowest BCUT2D eigenvalue weighted by Gasteiger charge is -2.29. The first-order chi connectivity index (χ1) is 50.3. The molecule has 0 heterocycles. The van der Waals surface area contributed by atoms with Crippen molar-refractivity contribution in [2.24, 2.45) is 34.0 Å². The largest absolute Gasteiger partial charge is 0.508 e. The van der Waals surface area contributed by atoms with Crippen LogP contribution in [0.4, 0.5) is 0 Å². The van der Waals surface area contributed by atoms with Crippen LogP contribution in [-0.2, 0) is 87.9 Å². The van der Waals surface area contributed by atoms with Crippen molar-refractivity contribution < 1.29 is 122 Å². The molecule has 0 aliphatic rings. The smallest absolute Gasteiger partial charge is 0.326 e. The predicted molar refractivity (Wildman–Crippen MR) is 383 cm³/mol. The highest BCUT2D eigenvalue weighted by Gasteiger charge is 2.39. The minimum atomic E-state index is -2.06. The molecule has 0 unspecified atom stereocenters. The number of nitrogens with two attached hydrogens (primary N) is 3. The molecule has 1 rings (SSSR count). The van der Waals surface area contributed by atoms with Crippen LogP contribution >= 0.6 is 11.8 Å². The molecule has 27 N–H and O–H groups in total. The molecule has 0 fully saturated rings. The fraction of sp³-hybridized carbons (Fsp3) is 0.631. The number of benzene rings is 1. The Kier molecular flexibility index (Phi) is 42.4. The highest BCUT2D eigenvalue weighted by Crippen LogP contribution is 2.15. The SMILES string of the molecule is CSCC[C@H](NC(=O)[C@H](CCC(=O)O)NC(=O)CNC(=O)[C@H](Cc1ccc(O)cc1)NC(=O)[C@@H](NC(=O)[C@H](CCC(=O)O)NC(=O)[C@H](CCCN=C(N)N)NC(=O)[C@H](CC(C)C)NC(=O)[C@@H](NC(=O)[C@H](C)NC(=O)[C@@H](NC(=O)[C@@H](N)[C@@H](C)O)C(C)C)[C@@H](C)O)[C@@H](C)O)C(=O)N[C@@H](C)C(=O)N[C@@H](CC(=O)O)C(=O)O. The number of rotatable bonds is 50. The van der Waals surface area contributed by atoms with Crippen molar-refractivity contribution in [3.8, 4) is 5.75 Å². The Morgan fingerprint density at radius 1 is 0.444 bits per heavy atom. The standard InChI is InChI=1S/C65H105N17O25S/c1-28(2)24-41(77-62(104)50(33(8)84)81-53(95)31(6)72-61(103)49(29(3)4)80-60(102)48(66)32(7)83)59(101)74-37(12-11-22-69-65(67)68)56(98)75-39(18-20-46(90)91)58(100)82-51(34(9)85)63(105)78-42(25-35-13-15-36(86)16-14-35)54(96)70-27-44(87)73-38(17-19-45(88)89)57(99)76-40(21-23-108-10)55(97)71-30(5)52(94)79-43(64(106)107)26-47(92)93/h13-16,28-34,37-43,48-51,83-86H,11-12,17-27,66H2,1-10H3,(H,70,96)(H,71,97)(H,72,103)(H,73,87)(H,74,101)(H,75,98)(H,76,99)(H,77,104)(H,78,105)(H,79,94)(H,80,102)(H,81,95)(H,82,100)(H,88,89)(H,90,91)(H,92,93)(H,106,107)(H4,67,68,69)/t30-,31-,32+,33+,34+,37-,38-,39-,40-,41-,42-,43-,48-,49-,50-,51-/m0/s1. The molecular formula is C65H105N17O25S. The number of aliphatic imine (C=N–C) groups is 1. The number of aromatic hydroxyl groups is 1. The molecule has 0 aliphatic heterocycles. The van der Waals surface area contributed by atoms with Gasteiger partial charge in [0.25, 0.3) is 0 Å². The average molecular weight is 1560 g/mol. The lowest BCUT2D eigenvalue weighted by molar-refractivity contribution is -0.147. The Labute approximate surface area is 625 Å². The van der Waals surface area contributed by atoms with Crippen molar-refractivity contribution in [2.45, 2.75) is 223 Å². The van der Waals surface area contributed by atoms with Gasteiger partial charge in [-0.2, -0.15) is 11.8 Å². The van der Waals surface area contributed by atoms with Crippen LogP contribution in [-0.4, -0.2) is 269 Å². The zero-order valence-corrected chi connectivity index (χ0v) is 62.3. The fourth-order valence-electron chi connectivity index (χ4n) is 9.77. The summed E-state index contributed by atoms with van der Waals surface area (Å²) in [6, 6.07) is -16.4. The van der Waals surface area contributed by atoms with E-state index in [4.69, 9.17) is 22.3 Å². The molecule has 0 saturated heterocycles. The van der Waals surface area contributed by atoms with E-state index in [2.05, 4.69) is 68.8 Å². The zero-order valence-electron chi connectivity index (χ0n) is 61.5.